The minimum absolute atomic E-state index is 0.397. The molecule has 3 heterocycles. The normalized spacial score (nSPS) is 14.7. The van der Waals surface area contributed by atoms with Crippen LogP contribution in [0.25, 0.3) is 28.0 Å². The Kier molecular flexibility index (Phi) is 2.52. The van der Waals surface area contributed by atoms with Crippen LogP contribution in [0.2, 0.25) is 0 Å². The Labute approximate surface area is 157 Å². The first-order valence-corrected chi connectivity index (χ1v) is 8.85. The van der Waals surface area contributed by atoms with Gasteiger partial charge in [0, 0.05) is 27.7 Å². The summed E-state index contributed by atoms with van der Waals surface area (Å²) in [6.07, 6.45) is 2.54. The topological polar surface area (TPSA) is 21.7 Å². The molecule has 1 aliphatic rings. The zero-order valence-electron chi connectivity index (χ0n) is 18.2. The van der Waals surface area contributed by atoms with Gasteiger partial charge in [-0.2, -0.15) is 0 Å². The number of pyridine rings is 1. The second kappa shape index (κ2) is 5.28. The van der Waals surface area contributed by atoms with E-state index in [-0.39, 0.29) is 0 Å². The number of hydrogen-bond donors (Lipinski definition) is 0. The van der Waals surface area contributed by atoms with Crippen LogP contribution in [0.5, 0.6) is 0 Å². The lowest BCUT2D eigenvalue weighted by molar-refractivity contribution is -0.660. The number of imidazole rings is 1. The van der Waals surface area contributed by atoms with Gasteiger partial charge >= 0.3 is 0 Å². The van der Waals surface area contributed by atoms with Crippen LogP contribution in [0.15, 0.2) is 48.7 Å². The fraction of sp³-hybridized carbons (Fsp3) is 0.217. The Balaban J connectivity index is 1.67. The average molecular weight is 343 g/mol. The Hall–Kier alpha value is -2.94. The maximum Gasteiger partial charge on any atom is 0.212 e. The van der Waals surface area contributed by atoms with E-state index < -0.39 is 6.85 Å². The molecule has 0 N–H and O–H groups in total. The van der Waals surface area contributed by atoms with Crippen molar-refractivity contribution < 1.29 is 8.68 Å². The third kappa shape index (κ3) is 2.07. The summed E-state index contributed by atoms with van der Waals surface area (Å²) in [4.78, 5) is 4.81. The van der Waals surface area contributed by atoms with Crippen LogP contribution < -0.4 is 4.57 Å². The minimum atomic E-state index is -2.11. The summed E-state index contributed by atoms with van der Waals surface area (Å²) in [5.74, 6) is 1.07. The third-order valence-electron chi connectivity index (χ3n) is 5.40. The highest BCUT2D eigenvalue weighted by molar-refractivity contribution is 5.81. The van der Waals surface area contributed by atoms with E-state index in [2.05, 4.69) is 35.8 Å². The summed E-state index contributed by atoms with van der Waals surface area (Å²) < 4.78 is 27.5. The molecule has 0 unspecified atom stereocenters. The SMILES string of the molecule is [2H]C([2H])([2H])c1c[n+](C)c(-c2cc3c(cc2C)-n2c(nc4ccccc42)C3)cc1C. The average Bonchev–Trinajstić information content (AvgIpc) is 3.17. The lowest BCUT2D eigenvalue weighted by atomic mass is 9.98. The molecule has 2 aromatic carbocycles. The molecular formula is C23H22N3+. The predicted octanol–water partition coefficient (Wildman–Crippen LogP) is 4.35. The number of nitrogens with zero attached hydrogens (tertiary/aromatic N) is 3. The van der Waals surface area contributed by atoms with Crippen molar-refractivity contribution >= 4 is 11.0 Å². The van der Waals surface area contributed by atoms with Crippen molar-refractivity contribution in [2.24, 2.45) is 7.05 Å². The largest absolute Gasteiger partial charge is 0.296 e. The molecule has 1 aliphatic heterocycles. The first-order chi connectivity index (χ1) is 13.7. The smallest absolute Gasteiger partial charge is 0.212 e. The van der Waals surface area contributed by atoms with Crippen molar-refractivity contribution in [1.82, 2.24) is 9.55 Å². The summed E-state index contributed by atoms with van der Waals surface area (Å²) in [7, 11) is 1.91. The van der Waals surface area contributed by atoms with Crippen molar-refractivity contribution in [2.45, 2.75) is 27.1 Å². The van der Waals surface area contributed by atoms with Crippen molar-refractivity contribution in [2.75, 3.05) is 0 Å². The van der Waals surface area contributed by atoms with E-state index in [1.807, 2.05) is 36.7 Å². The quantitative estimate of drug-likeness (QED) is 0.415. The van der Waals surface area contributed by atoms with Crippen LogP contribution in [0.3, 0.4) is 0 Å². The van der Waals surface area contributed by atoms with Gasteiger partial charge in [-0.3, -0.25) is 4.57 Å². The second-order valence-corrected chi connectivity index (χ2v) is 7.19. The van der Waals surface area contributed by atoms with E-state index in [0.717, 1.165) is 45.7 Å². The van der Waals surface area contributed by atoms with E-state index in [9.17, 15) is 0 Å². The molecule has 0 spiro atoms. The monoisotopic (exact) mass is 343 g/mol. The van der Waals surface area contributed by atoms with Crippen LogP contribution in [0.1, 0.15) is 32.2 Å². The highest BCUT2D eigenvalue weighted by Gasteiger charge is 2.25. The van der Waals surface area contributed by atoms with Crippen LogP contribution in [0.4, 0.5) is 0 Å². The molecule has 0 aliphatic carbocycles. The van der Waals surface area contributed by atoms with Gasteiger partial charge in [-0.15, -0.1) is 0 Å². The van der Waals surface area contributed by atoms with Gasteiger partial charge in [0.25, 0.3) is 0 Å². The number of hydrogen-bond acceptors (Lipinski definition) is 1. The fourth-order valence-corrected chi connectivity index (χ4v) is 4.01. The van der Waals surface area contributed by atoms with Gasteiger partial charge in [-0.05, 0) is 61.7 Å². The number of para-hydroxylation sites is 2. The van der Waals surface area contributed by atoms with Crippen molar-refractivity contribution in [1.29, 1.82) is 0 Å². The number of aryl methyl sites for hydroxylation is 4. The van der Waals surface area contributed by atoms with Gasteiger partial charge < -0.3 is 0 Å². The zero-order valence-corrected chi connectivity index (χ0v) is 15.2. The first-order valence-electron chi connectivity index (χ1n) is 10.4. The first kappa shape index (κ1) is 12.4. The van der Waals surface area contributed by atoms with Crippen LogP contribution in [-0.4, -0.2) is 9.55 Å². The molecule has 0 saturated carbocycles. The number of fused-ring (bicyclic) bond motifs is 5. The maximum absolute atomic E-state index is 7.76. The van der Waals surface area contributed by atoms with Crippen LogP contribution >= 0.6 is 0 Å². The Morgan fingerprint density at radius 2 is 1.92 bits per heavy atom. The highest BCUT2D eigenvalue weighted by atomic mass is 15.1. The van der Waals surface area contributed by atoms with E-state index >= 15 is 0 Å². The zero-order chi connectivity index (χ0) is 20.5. The fourth-order valence-electron chi connectivity index (χ4n) is 4.01. The molecule has 0 radical (unpaired) electrons. The lowest BCUT2D eigenvalue weighted by Gasteiger charge is -2.11. The lowest BCUT2D eigenvalue weighted by Crippen LogP contribution is -2.31. The molecule has 0 saturated heterocycles. The Bertz CT molecular complexity index is 1300. The van der Waals surface area contributed by atoms with Crippen molar-refractivity contribution in [3.63, 3.8) is 0 Å². The minimum Gasteiger partial charge on any atom is -0.296 e. The molecule has 0 fully saturated rings. The molecule has 2 aromatic heterocycles. The Morgan fingerprint density at radius 3 is 2.77 bits per heavy atom. The number of rotatable bonds is 1. The molecule has 5 rings (SSSR count). The summed E-state index contributed by atoms with van der Waals surface area (Å²) in [5, 5.41) is 0. The van der Waals surface area contributed by atoms with Gasteiger partial charge in [0.1, 0.15) is 12.9 Å². The third-order valence-corrected chi connectivity index (χ3v) is 5.40. The molecule has 0 bridgehead atoms. The molecule has 3 nitrogen and oxygen atoms in total. The van der Waals surface area contributed by atoms with Crippen LogP contribution in [0, 0.1) is 20.7 Å². The van der Waals surface area contributed by atoms with E-state index in [1.54, 1.807) is 6.20 Å². The van der Waals surface area contributed by atoms with E-state index in [0.29, 0.717) is 5.56 Å². The molecule has 128 valence electrons. The van der Waals surface area contributed by atoms with Gasteiger partial charge in [0.2, 0.25) is 5.69 Å². The van der Waals surface area contributed by atoms with E-state index in [4.69, 9.17) is 9.10 Å². The van der Waals surface area contributed by atoms with Gasteiger partial charge in [0.15, 0.2) is 6.20 Å². The summed E-state index contributed by atoms with van der Waals surface area (Å²) >= 11 is 0. The predicted molar refractivity (Wildman–Crippen MR) is 105 cm³/mol. The summed E-state index contributed by atoms with van der Waals surface area (Å²) in [5.41, 5.74) is 9.09. The molecular weight excluding hydrogens is 318 g/mol. The molecule has 4 aromatic rings. The molecule has 0 atom stereocenters. The maximum atomic E-state index is 7.76. The van der Waals surface area contributed by atoms with Crippen LogP contribution in [-0.2, 0) is 13.5 Å². The molecule has 3 heteroatoms. The summed E-state index contributed by atoms with van der Waals surface area (Å²) in [6, 6.07) is 14.7. The Morgan fingerprint density at radius 1 is 1.08 bits per heavy atom. The standard InChI is InChI=1S/C23H22N3/c1-14-9-22(25(4)13-16(14)3)18-11-17-12-23-24-19-7-5-6-8-20(19)26(23)21(17)10-15(18)2/h5-11,13H,12H2,1-4H3/q+1/i3D3. The van der Waals surface area contributed by atoms with E-state index in [1.165, 1.54) is 11.3 Å². The van der Waals surface area contributed by atoms with Gasteiger partial charge in [-0.25, -0.2) is 9.55 Å². The van der Waals surface area contributed by atoms with Gasteiger partial charge in [-0.1, -0.05) is 12.1 Å². The van der Waals surface area contributed by atoms with Crippen molar-refractivity contribution in [3.05, 3.63) is 76.7 Å². The molecule has 26 heavy (non-hydrogen) atoms. The highest BCUT2D eigenvalue weighted by Crippen LogP contribution is 2.36. The van der Waals surface area contributed by atoms with Crippen molar-refractivity contribution in [3.8, 4) is 16.9 Å². The number of benzene rings is 2. The van der Waals surface area contributed by atoms with Gasteiger partial charge in [0.05, 0.1) is 16.7 Å². The number of aromatic nitrogens is 3. The summed E-state index contributed by atoms with van der Waals surface area (Å²) in [6.45, 7) is 1.87. The second-order valence-electron chi connectivity index (χ2n) is 7.19. The molecule has 0 amide bonds.